The van der Waals surface area contributed by atoms with Gasteiger partial charge in [0.05, 0.1) is 15.9 Å². The number of nitrogens with zero attached hydrogens (tertiary/aromatic N) is 2. The largest absolute Gasteiger partial charge is 0.449 e. The fraction of sp³-hybridized carbons (Fsp3) is 0.188. The molecule has 0 atom stereocenters. The molecule has 0 unspecified atom stereocenters. The molecule has 0 aliphatic rings. The van der Waals surface area contributed by atoms with Crippen LogP contribution in [0.25, 0.3) is 11.0 Å². The summed E-state index contributed by atoms with van der Waals surface area (Å²) in [6.07, 6.45) is -3.64. The SMILES string of the molecule is CS(=O)(=O)c1ccc2c(c1)nc(C(F)(F)F)n2Cc1ccccc1. The number of sulfone groups is 1. The lowest BCUT2D eigenvalue weighted by Crippen LogP contribution is -2.15. The van der Waals surface area contributed by atoms with E-state index in [1.54, 1.807) is 30.3 Å². The zero-order valence-corrected chi connectivity index (χ0v) is 13.4. The molecule has 0 spiro atoms. The first-order chi connectivity index (χ1) is 11.2. The van der Waals surface area contributed by atoms with E-state index >= 15 is 0 Å². The van der Waals surface area contributed by atoms with Crippen LogP contribution >= 0.6 is 0 Å². The van der Waals surface area contributed by atoms with Crippen LogP contribution in [-0.4, -0.2) is 24.2 Å². The van der Waals surface area contributed by atoms with Crippen molar-refractivity contribution in [2.75, 3.05) is 6.26 Å². The highest BCUT2D eigenvalue weighted by Gasteiger charge is 2.37. The molecule has 0 radical (unpaired) electrons. The Kier molecular flexibility index (Phi) is 3.87. The lowest BCUT2D eigenvalue weighted by atomic mass is 10.2. The second-order valence-electron chi connectivity index (χ2n) is 5.43. The molecule has 0 fully saturated rings. The highest BCUT2D eigenvalue weighted by atomic mass is 32.2. The van der Waals surface area contributed by atoms with E-state index in [0.29, 0.717) is 5.56 Å². The number of halogens is 3. The Labute approximate surface area is 136 Å². The minimum atomic E-state index is -4.64. The summed E-state index contributed by atoms with van der Waals surface area (Å²) in [5.74, 6) is -1.05. The van der Waals surface area contributed by atoms with Crippen LogP contribution in [0.5, 0.6) is 0 Å². The molecule has 126 valence electrons. The van der Waals surface area contributed by atoms with Crippen molar-refractivity contribution in [2.45, 2.75) is 17.6 Å². The summed E-state index contributed by atoms with van der Waals surface area (Å²) < 4.78 is 64.2. The predicted octanol–water partition coefficient (Wildman–Crippen LogP) is 3.51. The summed E-state index contributed by atoms with van der Waals surface area (Å²) in [5.41, 5.74) is 0.925. The van der Waals surface area contributed by atoms with Gasteiger partial charge < -0.3 is 4.57 Å². The first kappa shape index (κ1) is 16.5. The highest BCUT2D eigenvalue weighted by Crippen LogP contribution is 2.32. The topological polar surface area (TPSA) is 52.0 Å². The zero-order chi connectivity index (χ0) is 17.5. The van der Waals surface area contributed by atoms with Gasteiger partial charge in [0.25, 0.3) is 0 Å². The van der Waals surface area contributed by atoms with E-state index in [-0.39, 0.29) is 22.5 Å². The summed E-state index contributed by atoms with van der Waals surface area (Å²) >= 11 is 0. The van der Waals surface area contributed by atoms with Gasteiger partial charge in [-0.2, -0.15) is 13.2 Å². The predicted molar refractivity (Wildman–Crippen MR) is 83.4 cm³/mol. The van der Waals surface area contributed by atoms with Crippen LogP contribution in [-0.2, 0) is 22.6 Å². The van der Waals surface area contributed by atoms with Gasteiger partial charge in [0.15, 0.2) is 9.84 Å². The second-order valence-corrected chi connectivity index (χ2v) is 7.44. The van der Waals surface area contributed by atoms with Crippen LogP contribution in [0.4, 0.5) is 13.2 Å². The highest BCUT2D eigenvalue weighted by molar-refractivity contribution is 7.90. The number of aromatic nitrogens is 2. The third-order valence-electron chi connectivity index (χ3n) is 3.58. The first-order valence-electron chi connectivity index (χ1n) is 6.98. The Morgan fingerprint density at radius 3 is 2.33 bits per heavy atom. The maximum atomic E-state index is 13.3. The van der Waals surface area contributed by atoms with Gasteiger partial charge in [-0.05, 0) is 23.8 Å². The van der Waals surface area contributed by atoms with E-state index in [4.69, 9.17) is 0 Å². The van der Waals surface area contributed by atoms with Crippen molar-refractivity contribution in [1.29, 1.82) is 0 Å². The molecular formula is C16H13F3N2O2S. The van der Waals surface area contributed by atoms with Gasteiger partial charge in [0, 0.05) is 12.8 Å². The fourth-order valence-electron chi connectivity index (χ4n) is 2.48. The quantitative estimate of drug-likeness (QED) is 0.723. The minimum Gasteiger partial charge on any atom is -0.316 e. The van der Waals surface area contributed by atoms with Crippen LogP contribution in [0, 0.1) is 0 Å². The number of rotatable bonds is 3. The number of alkyl halides is 3. The molecule has 0 saturated heterocycles. The Balaban J connectivity index is 2.21. The monoisotopic (exact) mass is 354 g/mol. The van der Waals surface area contributed by atoms with Crippen LogP contribution in [0.2, 0.25) is 0 Å². The molecule has 3 rings (SSSR count). The van der Waals surface area contributed by atoms with Crippen LogP contribution in [0.1, 0.15) is 11.4 Å². The van der Waals surface area contributed by atoms with Crippen molar-refractivity contribution in [1.82, 2.24) is 9.55 Å². The number of benzene rings is 2. The smallest absolute Gasteiger partial charge is 0.316 e. The van der Waals surface area contributed by atoms with E-state index in [1.807, 2.05) is 0 Å². The van der Waals surface area contributed by atoms with E-state index < -0.39 is 21.8 Å². The summed E-state index contributed by atoms with van der Waals surface area (Å²) in [5, 5.41) is 0. The standard InChI is InChI=1S/C16H13F3N2O2S/c1-24(22,23)12-7-8-14-13(9-12)20-15(16(17,18)19)21(14)10-11-5-3-2-4-6-11/h2-9H,10H2,1H3. The molecule has 0 aliphatic carbocycles. The summed E-state index contributed by atoms with van der Waals surface area (Å²) in [4.78, 5) is 3.57. The molecule has 0 saturated carbocycles. The number of imidazole rings is 1. The Morgan fingerprint density at radius 2 is 1.75 bits per heavy atom. The zero-order valence-electron chi connectivity index (χ0n) is 12.6. The van der Waals surface area contributed by atoms with Crippen LogP contribution in [0.3, 0.4) is 0 Å². The van der Waals surface area contributed by atoms with Crippen molar-refractivity contribution < 1.29 is 21.6 Å². The molecular weight excluding hydrogens is 341 g/mol. The number of hydrogen-bond donors (Lipinski definition) is 0. The normalized spacial score (nSPS) is 12.7. The molecule has 24 heavy (non-hydrogen) atoms. The van der Waals surface area contributed by atoms with Gasteiger partial charge in [-0.15, -0.1) is 0 Å². The molecule has 1 aromatic heterocycles. The molecule has 3 aromatic rings. The maximum absolute atomic E-state index is 13.3. The van der Waals surface area contributed by atoms with E-state index in [9.17, 15) is 21.6 Å². The van der Waals surface area contributed by atoms with Crippen molar-refractivity contribution in [2.24, 2.45) is 0 Å². The van der Waals surface area contributed by atoms with E-state index in [0.717, 1.165) is 10.8 Å². The second kappa shape index (κ2) is 5.62. The van der Waals surface area contributed by atoms with Gasteiger partial charge in [-0.1, -0.05) is 30.3 Å². The van der Waals surface area contributed by atoms with E-state index in [1.165, 1.54) is 18.2 Å². The minimum absolute atomic E-state index is 0.00109. The van der Waals surface area contributed by atoms with Gasteiger partial charge in [0.1, 0.15) is 0 Å². The molecule has 0 N–H and O–H groups in total. The summed E-state index contributed by atoms with van der Waals surface area (Å²) in [6.45, 7) is -0.00952. The lowest BCUT2D eigenvalue weighted by Gasteiger charge is -2.11. The summed E-state index contributed by atoms with van der Waals surface area (Å²) in [6, 6.07) is 12.5. The van der Waals surface area contributed by atoms with Gasteiger partial charge in [-0.25, -0.2) is 13.4 Å². The van der Waals surface area contributed by atoms with E-state index in [2.05, 4.69) is 4.98 Å². The Hall–Kier alpha value is -2.35. The Bertz CT molecular complexity index is 993. The van der Waals surface area contributed by atoms with Crippen LogP contribution in [0.15, 0.2) is 53.4 Å². The average molecular weight is 354 g/mol. The Morgan fingerprint density at radius 1 is 1.08 bits per heavy atom. The first-order valence-corrected chi connectivity index (χ1v) is 8.87. The third kappa shape index (κ3) is 3.14. The lowest BCUT2D eigenvalue weighted by molar-refractivity contribution is -0.146. The maximum Gasteiger partial charge on any atom is 0.449 e. The van der Waals surface area contributed by atoms with Crippen molar-refractivity contribution >= 4 is 20.9 Å². The van der Waals surface area contributed by atoms with Gasteiger partial charge in [0.2, 0.25) is 5.82 Å². The number of hydrogen-bond acceptors (Lipinski definition) is 3. The van der Waals surface area contributed by atoms with Crippen molar-refractivity contribution in [3.8, 4) is 0 Å². The molecule has 1 heterocycles. The van der Waals surface area contributed by atoms with Crippen molar-refractivity contribution in [3.05, 3.63) is 59.9 Å². The third-order valence-corrected chi connectivity index (χ3v) is 4.70. The van der Waals surface area contributed by atoms with Gasteiger partial charge in [-0.3, -0.25) is 0 Å². The molecule has 0 amide bonds. The molecule has 2 aromatic carbocycles. The molecule has 0 aliphatic heterocycles. The molecule has 4 nitrogen and oxygen atoms in total. The molecule has 0 bridgehead atoms. The van der Waals surface area contributed by atoms with Crippen LogP contribution < -0.4 is 0 Å². The average Bonchev–Trinajstić information content (AvgIpc) is 2.86. The van der Waals surface area contributed by atoms with Gasteiger partial charge >= 0.3 is 6.18 Å². The summed E-state index contributed by atoms with van der Waals surface area (Å²) in [7, 11) is -3.52. The van der Waals surface area contributed by atoms with Crippen molar-refractivity contribution in [3.63, 3.8) is 0 Å². The number of fused-ring (bicyclic) bond motifs is 1. The molecule has 8 heteroatoms. The fourth-order valence-corrected chi connectivity index (χ4v) is 3.12.